The second kappa shape index (κ2) is 6.04. The van der Waals surface area contributed by atoms with Crippen LogP contribution >= 0.6 is 11.8 Å². The van der Waals surface area contributed by atoms with Crippen LogP contribution in [0.25, 0.3) is 10.8 Å². The Kier molecular flexibility index (Phi) is 3.75. The van der Waals surface area contributed by atoms with Gasteiger partial charge in [0.25, 0.3) is 0 Å². The summed E-state index contributed by atoms with van der Waals surface area (Å²) >= 11 is 1.43. The molecule has 1 saturated carbocycles. The molecular formula is C17H16N4OS. The van der Waals surface area contributed by atoms with Crippen LogP contribution in [-0.4, -0.2) is 26.4 Å². The minimum Gasteiger partial charge on any atom is -0.325 e. The van der Waals surface area contributed by atoms with Crippen molar-refractivity contribution in [3.05, 3.63) is 48.8 Å². The highest BCUT2D eigenvalue weighted by Crippen LogP contribution is 2.37. The van der Waals surface area contributed by atoms with Crippen molar-refractivity contribution in [1.29, 1.82) is 0 Å². The van der Waals surface area contributed by atoms with E-state index in [1.807, 2.05) is 36.4 Å². The molecule has 0 atom stereocenters. The number of anilines is 1. The quantitative estimate of drug-likeness (QED) is 0.730. The van der Waals surface area contributed by atoms with Gasteiger partial charge in [-0.2, -0.15) is 0 Å². The molecule has 5 nitrogen and oxygen atoms in total. The number of hydrogen-bond acceptors (Lipinski definition) is 4. The summed E-state index contributed by atoms with van der Waals surface area (Å²) in [5.74, 6) is 0.300. The van der Waals surface area contributed by atoms with Crippen LogP contribution in [0.2, 0.25) is 0 Å². The molecule has 116 valence electrons. The first-order chi connectivity index (χ1) is 11.3. The van der Waals surface area contributed by atoms with Crippen molar-refractivity contribution < 1.29 is 4.79 Å². The van der Waals surface area contributed by atoms with E-state index in [0.717, 1.165) is 21.6 Å². The molecule has 1 aromatic heterocycles. The predicted octanol–water partition coefficient (Wildman–Crippen LogP) is 3.50. The Morgan fingerprint density at radius 1 is 1.22 bits per heavy atom. The third-order valence-electron chi connectivity index (χ3n) is 3.85. The smallest absolute Gasteiger partial charge is 0.234 e. The number of rotatable bonds is 5. The standard InChI is InChI=1S/C17H16N4OS/c22-16(10-23-17-20-18-11-21(17)15-7-8-15)19-14-6-5-12-3-1-2-4-13(12)9-14/h1-6,9,11,15H,7-8,10H2,(H,19,22). The Bertz CT molecular complexity index is 856. The Labute approximate surface area is 138 Å². The maximum absolute atomic E-state index is 12.2. The highest BCUT2D eigenvalue weighted by Gasteiger charge is 2.26. The molecule has 1 aliphatic carbocycles. The van der Waals surface area contributed by atoms with Gasteiger partial charge in [-0.05, 0) is 35.7 Å². The molecule has 4 rings (SSSR count). The number of amides is 1. The number of carbonyl (C=O) groups is 1. The number of thioether (sulfide) groups is 1. The monoisotopic (exact) mass is 324 g/mol. The van der Waals surface area contributed by atoms with Crippen LogP contribution in [0.4, 0.5) is 5.69 Å². The Balaban J connectivity index is 1.39. The minimum absolute atomic E-state index is 0.0318. The molecule has 0 aliphatic heterocycles. The third-order valence-corrected chi connectivity index (χ3v) is 4.80. The summed E-state index contributed by atoms with van der Waals surface area (Å²) in [5, 5.41) is 14.1. The first-order valence-corrected chi connectivity index (χ1v) is 8.59. The fraction of sp³-hybridized carbons (Fsp3) is 0.235. The van der Waals surface area contributed by atoms with Crippen LogP contribution in [0.3, 0.4) is 0 Å². The van der Waals surface area contributed by atoms with Gasteiger partial charge in [0.1, 0.15) is 6.33 Å². The number of carbonyl (C=O) groups excluding carboxylic acids is 1. The van der Waals surface area contributed by atoms with Crippen LogP contribution in [-0.2, 0) is 4.79 Å². The Morgan fingerprint density at radius 3 is 2.87 bits per heavy atom. The summed E-state index contributed by atoms with van der Waals surface area (Å²) in [6.45, 7) is 0. The van der Waals surface area contributed by atoms with Crippen LogP contribution < -0.4 is 5.32 Å². The van der Waals surface area contributed by atoms with Gasteiger partial charge < -0.3 is 9.88 Å². The number of nitrogens with one attached hydrogen (secondary N) is 1. The molecule has 2 aromatic carbocycles. The van der Waals surface area contributed by atoms with E-state index in [1.54, 1.807) is 6.33 Å². The number of benzene rings is 2. The van der Waals surface area contributed by atoms with Gasteiger partial charge in [-0.1, -0.05) is 42.1 Å². The number of hydrogen-bond donors (Lipinski definition) is 1. The molecule has 6 heteroatoms. The third kappa shape index (κ3) is 3.22. The predicted molar refractivity (Wildman–Crippen MR) is 91.6 cm³/mol. The summed E-state index contributed by atoms with van der Waals surface area (Å²) in [6.07, 6.45) is 4.10. The molecule has 3 aromatic rings. The number of fused-ring (bicyclic) bond motifs is 1. The van der Waals surface area contributed by atoms with Crippen LogP contribution in [0.1, 0.15) is 18.9 Å². The van der Waals surface area contributed by atoms with E-state index in [9.17, 15) is 4.79 Å². The lowest BCUT2D eigenvalue weighted by molar-refractivity contribution is -0.113. The van der Waals surface area contributed by atoms with E-state index in [1.165, 1.54) is 24.6 Å². The lowest BCUT2D eigenvalue weighted by Gasteiger charge is -2.07. The van der Waals surface area contributed by atoms with Gasteiger partial charge in [0.15, 0.2) is 5.16 Å². The zero-order valence-electron chi connectivity index (χ0n) is 12.5. The van der Waals surface area contributed by atoms with E-state index in [0.29, 0.717) is 11.8 Å². The van der Waals surface area contributed by atoms with Crippen molar-refractivity contribution in [2.75, 3.05) is 11.1 Å². The van der Waals surface area contributed by atoms with Crippen molar-refractivity contribution in [3.63, 3.8) is 0 Å². The zero-order chi connectivity index (χ0) is 15.6. The molecule has 1 amide bonds. The van der Waals surface area contributed by atoms with Crippen LogP contribution in [0.15, 0.2) is 53.9 Å². The topological polar surface area (TPSA) is 59.8 Å². The van der Waals surface area contributed by atoms with E-state index < -0.39 is 0 Å². The van der Waals surface area contributed by atoms with Crippen LogP contribution in [0, 0.1) is 0 Å². The van der Waals surface area contributed by atoms with Crippen molar-refractivity contribution in [2.24, 2.45) is 0 Å². The second-order valence-corrected chi connectivity index (χ2v) is 6.59. The molecule has 23 heavy (non-hydrogen) atoms. The molecule has 1 aliphatic rings. The Hall–Kier alpha value is -2.34. The van der Waals surface area contributed by atoms with E-state index in [-0.39, 0.29) is 5.91 Å². The van der Waals surface area contributed by atoms with Crippen molar-refractivity contribution >= 4 is 34.1 Å². The minimum atomic E-state index is -0.0318. The largest absolute Gasteiger partial charge is 0.325 e. The van der Waals surface area contributed by atoms with Gasteiger partial charge in [-0.3, -0.25) is 4.79 Å². The molecule has 1 heterocycles. The molecule has 0 saturated heterocycles. The summed E-state index contributed by atoms with van der Waals surface area (Å²) in [6, 6.07) is 14.6. The fourth-order valence-electron chi connectivity index (χ4n) is 2.53. The highest BCUT2D eigenvalue weighted by molar-refractivity contribution is 7.99. The normalized spacial score (nSPS) is 14.1. The van der Waals surface area contributed by atoms with Gasteiger partial charge in [0, 0.05) is 11.7 Å². The molecule has 0 radical (unpaired) electrons. The van der Waals surface area contributed by atoms with Gasteiger partial charge in [-0.25, -0.2) is 0 Å². The van der Waals surface area contributed by atoms with Crippen molar-refractivity contribution in [2.45, 2.75) is 24.0 Å². The van der Waals surface area contributed by atoms with Crippen LogP contribution in [0.5, 0.6) is 0 Å². The Morgan fingerprint density at radius 2 is 2.04 bits per heavy atom. The zero-order valence-corrected chi connectivity index (χ0v) is 13.3. The first-order valence-electron chi connectivity index (χ1n) is 7.60. The fourth-order valence-corrected chi connectivity index (χ4v) is 3.32. The summed E-state index contributed by atoms with van der Waals surface area (Å²) in [7, 11) is 0. The lowest BCUT2D eigenvalue weighted by atomic mass is 10.1. The first kappa shape index (κ1) is 14.3. The maximum atomic E-state index is 12.2. The average Bonchev–Trinajstić information content (AvgIpc) is 3.31. The molecule has 1 N–H and O–H groups in total. The second-order valence-electron chi connectivity index (χ2n) is 5.65. The van der Waals surface area contributed by atoms with Crippen molar-refractivity contribution in [3.8, 4) is 0 Å². The van der Waals surface area contributed by atoms with E-state index in [2.05, 4.69) is 26.1 Å². The maximum Gasteiger partial charge on any atom is 0.234 e. The summed E-state index contributed by atoms with van der Waals surface area (Å²) < 4.78 is 2.06. The molecule has 0 spiro atoms. The number of nitrogens with zero attached hydrogens (tertiary/aromatic N) is 3. The van der Waals surface area contributed by atoms with Gasteiger partial charge in [0.2, 0.25) is 5.91 Å². The van der Waals surface area contributed by atoms with Gasteiger partial charge in [0.05, 0.1) is 5.75 Å². The highest BCUT2D eigenvalue weighted by atomic mass is 32.2. The number of aromatic nitrogens is 3. The molecular weight excluding hydrogens is 308 g/mol. The lowest BCUT2D eigenvalue weighted by Crippen LogP contribution is -2.14. The summed E-state index contributed by atoms with van der Waals surface area (Å²) in [5.41, 5.74) is 0.818. The summed E-state index contributed by atoms with van der Waals surface area (Å²) in [4.78, 5) is 12.2. The van der Waals surface area contributed by atoms with Gasteiger partial charge >= 0.3 is 0 Å². The molecule has 1 fully saturated rings. The SMILES string of the molecule is O=C(CSc1nncn1C1CC1)Nc1ccc2ccccc2c1. The van der Waals surface area contributed by atoms with E-state index >= 15 is 0 Å². The molecule has 0 unspecified atom stereocenters. The van der Waals surface area contributed by atoms with Crippen molar-refractivity contribution in [1.82, 2.24) is 14.8 Å². The van der Waals surface area contributed by atoms with E-state index in [4.69, 9.17) is 0 Å². The average molecular weight is 324 g/mol. The van der Waals surface area contributed by atoms with Gasteiger partial charge in [-0.15, -0.1) is 10.2 Å². The molecule has 0 bridgehead atoms.